The van der Waals surface area contributed by atoms with Gasteiger partial charge in [0, 0.05) is 22.5 Å². The summed E-state index contributed by atoms with van der Waals surface area (Å²) in [7, 11) is 1.86. The Morgan fingerprint density at radius 1 is 1.18 bits per heavy atom. The summed E-state index contributed by atoms with van der Waals surface area (Å²) in [5.74, 6) is 1.08. The van der Waals surface area contributed by atoms with Gasteiger partial charge >= 0.3 is 0 Å². The summed E-state index contributed by atoms with van der Waals surface area (Å²) in [4.78, 5) is 13.2. The molecule has 1 amide bonds. The zero-order valence-electron chi connectivity index (χ0n) is 14.9. The number of nitrogens with one attached hydrogen (secondary N) is 1. The summed E-state index contributed by atoms with van der Waals surface area (Å²) >= 11 is 8.62. The zero-order valence-corrected chi connectivity index (χ0v) is 17.3. The second-order valence-electron chi connectivity index (χ2n) is 5.65. The van der Waals surface area contributed by atoms with E-state index in [9.17, 15) is 4.79 Å². The number of nitrogens with zero attached hydrogens (tertiary/aromatic N) is 4. The number of thioether (sulfide) groups is 2. The van der Waals surface area contributed by atoms with Crippen molar-refractivity contribution < 1.29 is 4.79 Å². The first-order valence-electron chi connectivity index (χ1n) is 8.25. The Hall–Kier alpha value is -2.47. The van der Waals surface area contributed by atoms with Crippen molar-refractivity contribution in [3.63, 3.8) is 0 Å². The first-order chi connectivity index (χ1) is 13.6. The Balaban J connectivity index is 1.63. The lowest BCUT2D eigenvalue weighted by atomic mass is 10.2. The predicted molar refractivity (Wildman–Crippen MR) is 114 cm³/mol. The molecule has 6 nitrogen and oxygen atoms in total. The van der Waals surface area contributed by atoms with Gasteiger partial charge in [-0.3, -0.25) is 4.79 Å². The molecule has 0 aliphatic rings. The molecule has 0 fully saturated rings. The quantitative estimate of drug-likeness (QED) is 0.557. The largest absolute Gasteiger partial charge is 0.324 e. The van der Waals surface area contributed by atoms with Crippen LogP contribution in [-0.4, -0.2) is 32.2 Å². The van der Waals surface area contributed by atoms with E-state index in [-0.39, 0.29) is 11.7 Å². The Kier molecular flexibility index (Phi) is 6.98. The van der Waals surface area contributed by atoms with Gasteiger partial charge in [0.25, 0.3) is 0 Å². The molecule has 0 spiro atoms. The highest BCUT2D eigenvalue weighted by Crippen LogP contribution is 2.27. The molecule has 0 unspecified atom stereocenters. The molecular weight excluding hydrogens is 414 g/mol. The van der Waals surface area contributed by atoms with Crippen molar-refractivity contribution in [2.75, 3.05) is 16.8 Å². The van der Waals surface area contributed by atoms with Gasteiger partial charge in [0.2, 0.25) is 5.91 Å². The molecule has 1 N–H and O–H groups in total. The topological polar surface area (TPSA) is 83.6 Å². The van der Waals surface area contributed by atoms with Crippen LogP contribution in [0.3, 0.4) is 0 Å². The number of rotatable bonds is 7. The summed E-state index contributed by atoms with van der Waals surface area (Å²) in [6, 6.07) is 16.9. The molecule has 9 heteroatoms. The van der Waals surface area contributed by atoms with Gasteiger partial charge in [-0.25, -0.2) is 0 Å². The van der Waals surface area contributed by atoms with Gasteiger partial charge in [-0.15, -0.1) is 22.0 Å². The summed E-state index contributed by atoms with van der Waals surface area (Å²) in [6.07, 6.45) is 0. The van der Waals surface area contributed by atoms with E-state index in [1.807, 2.05) is 48.0 Å². The standard InChI is InChI=1S/C19H16ClN5OS2/c1-25-18(13-6-8-14(20)9-7-13)23-24-19(25)28-12-17(26)22-15-4-2-3-5-16(15)27-11-10-21/h2-9H,11-12H2,1H3,(H,22,26). The van der Waals surface area contributed by atoms with Crippen molar-refractivity contribution in [2.24, 2.45) is 7.05 Å². The van der Waals surface area contributed by atoms with Gasteiger partial charge in [-0.05, 0) is 36.4 Å². The van der Waals surface area contributed by atoms with Gasteiger partial charge in [0.05, 0.1) is 23.3 Å². The van der Waals surface area contributed by atoms with Crippen LogP contribution in [0.1, 0.15) is 0 Å². The third kappa shape index (κ3) is 5.07. The van der Waals surface area contributed by atoms with Crippen molar-refractivity contribution >= 4 is 46.7 Å². The molecule has 0 saturated heterocycles. The van der Waals surface area contributed by atoms with Crippen molar-refractivity contribution in [1.82, 2.24) is 14.8 Å². The van der Waals surface area contributed by atoms with Crippen LogP contribution in [0.5, 0.6) is 0 Å². The summed E-state index contributed by atoms with van der Waals surface area (Å²) in [6.45, 7) is 0. The molecule has 0 aliphatic heterocycles. The van der Waals surface area contributed by atoms with E-state index in [0.717, 1.165) is 10.5 Å². The molecule has 1 heterocycles. The molecular formula is C19H16ClN5OS2. The SMILES string of the molecule is Cn1c(SCC(=O)Nc2ccccc2SCC#N)nnc1-c1ccc(Cl)cc1. The van der Waals surface area contributed by atoms with Crippen LogP contribution in [0.15, 0.2) is 58.6 Å². The fraction of sp³-hybridized carbons (Fsp3) is 0.158. The molecule has 0 bridgehead atoms. The number of para-hydroxylation sites is 1. The van der Waals surface area contributed by atoms with E-state index in [1.54, 1.807) is 12.1 Å². The van der Waals surface area contributed by atoms with E-state index < -0.39 is 0 Å². The second-order valence-corrected chi connectivity index (χ2v) is 8.05. The molecule has 142 valence electrons. The lowest BCUT2D eigenvalue weighted by Crippen LogP contribution is -2.15. The van der Waals surface area contributed by atoms with Crippen LogP contribution in [-0.2, 0) is 11.8 Å². The van der Waals surface area contributed by atoms with Gasteiger partial charge in [0.1, 0.15) is 0 Å². The van der Waals surface area contributed by atoms with Crippen molar-refractivity contribution in [3.05, 3.63) is 53.6 Å². The van der Waals surface area contributed by atoms with Crippen LogP contribution in [0, 0.1) is 11.3 Å². The van der Waals surface area contributed by atoms with Crippen LogP contribution in [0.2, 0.25) is 5.02 Å². The first kappa shape index (κ1) is 20.3. The third-order valence-electron chi connectivity index (χ3n) is 3.72. The number of carbonyl (C=O) groups is 1. The average molecular weight is 430 g/mol. The van der Waals surface area contributed by atoms with Crippen molar-refractivity contribution in [2.45, 2.75) is 10.1 Å². The predicted octanol–water partition coefficient (Wildman–Crippen LogP) is 4.48. The number of halogens is 1. The van der Waals surface area contributed by atoms with Crippen LogP contribution >= 0.6 is 35.1 Å². The highest BCUT2D eigenvalue weighted by Gasteiger charge is 2.14. The molecule has 28 heavy (non-hydrogen) atoms. The minimum atomic E-state index is -0.147. The van der Waals surface area contributed by atoms with Crippen molar-refractivity contribution in [1.29, 1.82) is 5.26 Å². The fourth-order valence-electron chi connectivity index (χ4n) is 2.41. The Bertz CT molecular complexity index is 1010. The molecule has 2 aromatic carbocycles. The van der Waals surface area contributed by atoms with Gasteiger partial charge in [0.15, 0.2) is 11.0 Å². The maximum atomic E-state index is 12.4. The molecule has 0 aliphatic carbocycles. The Labute approximate surface area is 176 Å². The average Bonchev–Trinajstić information content (AvgIpc) is 3.07. The van der Waals surface area contributed by atoms with Crippen LogP contribution in [0.25, 0.3) is 11.4 Å². The number of benzene rings is 2. The number of nitriles is 1. The van der Waals surface area contributed by atoms with Gasteiger partial charge in [-0.1, -0.05) is 35.5 Å². The summed E-state index contributed by atoms with van der Waals surface area (Å²) in [5.41, 5.74) is 1.60. The van der Waals surface area contributed by atoms with Crippen LogP contribution in [0.4, 0.5) is 5.69 Å². The highest BCUT2D eigenvalue weighted by molar-refractivity contribution is 8.00. The minimum Gasteiger partial charge on any atom is -0.324 e. The number of carbonyl (C=O) groups excluding carboxylic acids is 1. The lowest BCUT2D eigenvalue weighted by Gasteiger charge is -2.09. The number of anilines is 1. The Morgan fingerprint density at radius 2 is 1.93 bits per heavy atom. The highest BCUT2D eigenvalue weighted by atomic mass is 35.5. The van der Waals surface area contributed by atoms with E-state index in [1.165, 1.54) is 23.5 Å². The number of amides is 1. The second kappa shape index (κ2) is 9.64. The number of aromatic nitrogens is 3. The van der Waals surface area contributed by atoms with E-state index in [4.69, 9.17) is 16.9 Å². The molecule has 3 rings (SSSR count). The van der Waals surface area contributed by atoms with E-state index >= 15 is 0 Å². The fourth-order valence-corrected chi connectivity index (χ4v) is 3.92. The molecule has 0 radical (unpaired) electrons. The molecule has 1 aromatic heterocycles. The molecule has 3 aromatic rings. The van der Waals surface area contributed by atoms with Gasteiger partial charge < -0.3 is 9.88 Å². The summed E-state index contributed by atoms with van der Waals surface area (Å²) in [5, 5.41) is 21.3. The van der Waals surface area contributed by atoms with E-state index in [2.05, 4.69) is 21.6 Å². The third-order valence-corrected chi connectivity index (χ3v) is 5.94. The Morgan fingerprint density at radius 3 is 2.68 bits per heavy atom. The summed E-state index contributed by atoms with van der Waals surface area (Å²) < 4.78 is 1.85. The van der Waals surface area contributed by atoms with Crippen molar-refractivity contribution in [3.8, 4) is 17.5 Å². The number of hydrogen-bond donors (Lipinski definition) is 1. The maximum Gasteiger partial charge on any atom is 0.234 e. The van der Waals surface area contributed by atoms with E-state index in [0.29, 0.717) is 27.4 Å². The monoisotopic (exact) mass is 429 g/mol. The van der Waals surface area contributed by atoms with Gasteiger partial charge in [-0.2, -0.15) is 5.26 Å². The van der Waals surface area contributed by atoms with Crippen LogP contribution < -0.4 is 5.32 Å². The minimum absolute atomic E-state index is 0.147. The smallest absolute Gasteiger partial charge is 0.234 e. The number of hydrogen-bond acceptors (Lipinski definition) is 6. The zero-order chi connectivity index (χ0) is 19.9. The normalized spacial score (nSPS) is 10.5. The maximum absolute atomic E-state index is 12.4. The lowest BCUT2D eigenvalue weighted by molar-refractivity contribution is -0.113. The molecule has 0 saturated carbocycles. The molecule has 0 atom stereocenters. The first-order valence-corrected chi connectivity index (χ1v) is 10.6.